The van der Waals surface area contributed by atoms with Crippen molar-refractivity contribution in [3.63, 3.8) is 0 Å². The average Bonchev–Trinajstić information content (AvgIpc) is 2.90. The molecular weight excluding hydrogens is 429 g/mol. The molecule has 1 aliphatic heterocycles. The highest BCUT2D eigenvalue weighted by atomic mass is 35.5. The fraction of sp³-hybridized carbons (Fsp3) is 0.526. The number of sulfone groups is 1. The molecule has 1 amide bonds. The van der Waals surface area contributed by atoms with Gasteiger partial charge < -0.3 is 4.90 Å². The van der Waals surface area contributed by atoms with Crippen LogP contribution in [0.15, 0.2) is 34.8 Å². The van der Waals surface area contributed by atoms with Crippen molar-refractivity contribution in [3.8, 4) is 0 Å². The summed E-state index contributed by atoms with van der Waals surface area (Å²) in [6.07, 6.45) is 2.15. The van der Waals surface area contributed by atoms with Gasteiger partial charge in [0.25, 0.3) is 0 Å². The molecule has 1 saturated carbocycles. The van der Waals surface area contributed by atoms with Crippen LogP contribution < -0.4 is 0 Å². The van der Waals surface area contributed by atoms with Crippen LogP contribution >= 0.6 is 34.8 Å². The molecule has 1 saturated heterocycles. The van der Waals surface area contributed by atoms with Crippen LogP contribution in [0.4, 0.5) is 0 Å². The van der Waals surface area contributed by atoms with Gasteiger partial charge in [-0.2, -0.15) is 0 Å². The number of halogens is 3. The average molecular weight is 451 g/mol. The smallest absolute Gasteiger partial charge is 0.227 e. The molecule has 0 N–H and O–H groups in total. The van der Waals surface area contributed by atoms with E-state index in [0.29, 0.717) is 11.4 Å². The van der Waals surface area contributed by atoms with E-state index in [9.17, 15) is 13.2 Å². The molecule has 0 radical (unpaired) electrons. The SMILES string of the molecule is CC1(C)[C@H](C(=O)N(Cc2ccccc2Cl)[C@@H]2CCS(=O)(=O)C2)[C@@H]1C=C(Cl)Cl. The molecule has 0 bridgehead atoms. The minimum Gasteiger partial charge on any atom is -0.334 e. The molecule has 1 heterocycles. The lowest BCUT2D eigenvalue weighted by atomic mass is 10.1. The summed E-state index contributed by atoms with van der Waals surface area (Å²) in [5.74, 6) is -0.322. The van der Waals surface area contributed by atoms with Crippen molar-refractivity contribution >= 4 is 50.5 Å². The molecule has 0 aromatic heterocycles. The van der Waals surface area contributed by atoms with E-state index in [4.69, 9.17) is 34.8 Å². The number of amides is 1. The molecule has 0 spiro atoms. The van der Waals surface area contributed by atoms with E-state index in [1.807, 2.05) is 32.0 Å². The number of hydrogen-bond donors (Lipinski definition) is 0. The molecule has 2 fully saturated rings. The van der Waals surface area contributed by atoms with Crippen molar-refractivity contribution in [1.29, 1.82) is 0 Å². The maximum atomic E-state index is 13.4. The molecular formula is C19H22Cl3NO3S. The monoisotopic (exact) mass is 449 g/mol. The summed E-state index contributed by atoms with van der Waals surface area (Å²) in [6, 6.07) is 6.97. The van der Waals surface area contributed by atoms with Crippen LogP contribution in [-0.2, 0) is 21.2 Å². The first-order valence-corrected chi connectivity index (χ1v) is 11.8. The summed E-state index contributed by atoms with van der Waals surface area (Å²) >= 11 is 17.9. The Morgan fingerprint density at radius 2 is 1.96 bits per heavy atom. The second-order valence-electron chi connectivity index (χ2n) is 7.90. The first-order chi connectivity index (χ1) is 12.5. The standard InChI is InChI=1S/C19H22Cl3NO3S/c1-19(2)14(9-16(21)22)17(19)18(24)23(13-7-8-27(25,26)11-13)10-12-5-3-4-6-15(12)20/h3-6,9,13-14,17H,7-8,10-11H2,1-2H3/t13-,14+,17+/m1/s1. The zero-order valence-corrected chi connectivity index (χ0v) is 18.2. The Labute approximate surface area is 175 Å². The van der Waals surface area contributed by atoms with E-state index >= 15 is 0 Å². The summed E-state index contributed by atoms with van der Waals surface area (Å²) < 4.78 is 24.1. The molecule has 8 heteroatoms. The molecule has 1 aliphatic carbocycles. The Bertz CT molecular complexity index is 878. The van der Waals surface area contributed by atoms with Crippen LogP contribution in [0.3, 0.4) is 0 Å². The summed E-state index contributed by atoms with van der Waals surface area (Å²) in [4.78, 5) is 15.1. The van der Waals surface area contributed by atoms with Gasteiger partial charge in [0.05, 0.1) is 17.4 Å². The van der Waals surface area contributed by atoms with Crippen LogP contribution in [0, 0.1) is 17.3 Å². The first kappa shape index (κ1) is 21.0. The number of carbonyl (C=O) groups is 1. The zero-order chi connectivity index (χ0) is 20.0. The predicted octanol–water partition coefficient (Wildman–Crippen LogP) is 4.45. The van der Waals surface area contributed by atoms with Gasteiger partial charge in [0.1, 0.15) is 4.49 Å². The first-order valence-electron chi connectivity index (χ1n) is 8.80. The topological polar surface area (TPSA) is 54.5 Å². The van der Waals surface area contributed by atoms with Gasteiger partial charge in [-0.3, -0.25) is 4.79 Å². The van der Waals surface area contributed by atoms with Gasteiger partial charge in [-0.05, 0) is 35.5 Å². The Morgan fingerprint density at radius 1 is 1.30 bits per heavy atom. The van der Waals surface area contributed by atoms with Gasteiger partial charge in [0.15, 0.2) is 9.84 Å². The van der Waals surface area contributed by atoms with E-state index in [-0.39, 0.29) is 51.7 Å². The number of carbonyl (C=O) groups excluding carboxylic acids is 1. The predicted molar refractivity (Wildman–Crippen MR) is 110 cm³/mol. The lowest BCUT2D eigenvalue weighted by Gasteiger charge is -2.29. The minimum absolute atomic E-state index is 0.00684. The maximum Gasteiger partial charge on any atom is 0.227 e. The van der Waals surface area contributed by atoms with Crippen LogP contribution in [0.25, 0.3) is 0 Å². The summed E-state index contributed by atoms with van der Waals surface area (Å²) in [6.45, 7) is 4.27. The number of allylic oxidation sites excluding steroid dienone is 1. The molecule has 148 valence electrons. The van der Waals surface area contributed by atoms with Crippen molar-refractivity contribution in [2.75, 3.05) is 11.5 Å². The highest BCUT2D eigenvalue weighted by molar-refractivity contribution is 7.91. The zero-order valence-electron chi connectivity index (χ0n) is 15.2. The minimum atomic E-state index is -3.12. The Balaban J connectivity index is 1.89. The van der Waals surface area contributed by atoms with Crippen LogP contribution in [0.2, 0.25) is 5.02 Å². The summed E-state index contributed by atoms with van der Waals surface area (Å²) in [5, 5.41) is 0.562. The van der Waals surface area contributed by atoms with Gasteiger partial charge >= 0.3 is 0 Å². The van der Waals surface area contributed by atoms with E-state index in [1.54, 1.807) is 17.0 Å². The van der Waals surface area contributed by atoms with Gasteiger partial charge in [0, 0.05) is 17.6 Å². The number of hydrogen-bond acceptors (Lipinski definition) is 3. The molecule has 27 heavy (non-hydrogen) atoms. The normalized spacial score (nSPS) is 27.8. The molecule has 3 atom stereocenters. The second-order valence-corrected chi connectivity index (χ2v) is 11.5. The Hall–Kier alpha value is -0.750. The number of rotatable bonds is 5. The fourth-order valence-corrected chi connectivity index (χ4v) is 6.19. The largest absolute Gasteiger partial charge is 0.334 e. The van der Waals surface area contributed by atoms with Crippen LogP contribution in [0.1, 0.15) is 25.8 Å². The summed E-state index contributed by atoms with van der Waals surface area (Å²) in [5.41, 5.74) is 0.528. The Morgan fingerprint density at radius 3 is 2.52 bits per heavy atom. The summed E-state index contributed by atoms with van der Waals surface area (Å²) in [7, 11) is -3.12. The third-order valence-corrected chi connectivity index (χ3v) is 8.08. The van der Waals surface area contributed by atoms with Crippen molar-refractivity contribution in [2.45, 2.75) is 32.9 Å². The van der Waals surface area contributed by atoms with Gasteiger partial charge in [-0.15, -0.1) is 0 Å². The number of benzene rings is 1. The Kier molecular flexibility index (Phi) is 5.89. The van der Waals surface area contributed by atoms with Crippen molar-refractivity contribution in [3.05, 3.63) is 45.4 Å². The van der Waals surface area contributed by atoms with Gasteiger partial charge in [-0.25, -0.2) is 8.42 Å². The van der Waals surface area contributed by atoms with E-state index in [2.05, 4.69) is 0 Å². The highest BCUT2D eigenvalue weighted by Crippen LogP contribution is 2.60. The van der Waals surface area contributed by atoms with Crippen molar-refractivity contribution in [2.24, 2.45) is 17.3 Å². The molecule has 3 rings (SSSR count). The van der Waals surface area contributed by atoms with Crippen LogP contribution in [0.5, 0.6) is 0 Å². The van der Waals surface area contributed by atoms with Gasteiger partial charge in [0.2, 0.25) is 5.91 Å². The van der Waals surface area contributed by atoms with Crippen molar-refractivity contribution in [1.82, 2.24) is 4.90 Å². The molecule has 2 aliphatic rings. The van der Waals surface area contributed by atoms with Crippen molar-refractivity contribution < 1.29 is 13.2 Å². The fourth-order valence-electron chi connectivity index (χ4n) is 3.99. The van der Waals surface area contributed by atoms with Crippen LogP contribution in [-0.4, -0.2) is 36.8 Å². The van der Waals surface area contributed by atoms with E-state index < -0.39 is 9.84 Å². The highest BCUT2D eigenvalue weighted by Gasteiger charge is 2.62. The van der Waals surface area contributed by atoms with Gasteiger partial charge in [-0.1, -0.05) is 66.8 Å². The molecule has 0 unspecified atom stereocenters. The second kappa shape index (κ2) is 7.58. The maximum absolute atomic E-state index is 13.4. The number of nitrogens with zero attached hydrogens (tertiary/aromatic N) is 1. The lowest BCUT2D eigenvalue weighted by Crippen LogP contribution is -2.42. The van der Waals surface area contributed by atoms with E-state index in [0.717, 1.165) is 5.56 Å². The molecule has 4 nitrogen and oxygen atoms in total. The lowest BCUT2D eigenvalue weighted by molar-refractivity contribution is -0.136. The van der Waals surface area contributed by atoms with E-state index in [1.165, 1.54) is 0 Å². The molecule has 1 aromatic rings. The molecule has 1 aromatic carbocycles. The third-order valence-electron chi connectivity index (χ3n) is 5.71. The third kappa shape index (κ3) is 4.47. The quantitative estimate of drug-likeness (QED) is 0.666.